The number of carbonyl (C=O) groups is 1. The molecule has 2 bridgehead atoms. The molecule has 5 nitrogen and oxygen atoms in total. The van der Waals surface area contributed by atoms with Crippen molar-refractivity contribution in [3.63, 3.8) is 0 Å². The number of ether oxygens (including phenoxy) is 1. The molecule has 0 spiro atoms. The second-order valence-electron chi connectivity index (χ2n) is 7.45. The Morgan fingerprint density at radius 3 is 2.86 bits per heavy atom. The van der Waals surface area contributed by atoms with Gasteiger partial charge in [0.1, 0.15) is 5.75 Å². The third-order valence-electron chi connectivity index (χ3n) is 5.00. The quantitative estimate of drug-likeness (QED) is 0.857. The molecule has 0 saturated carbocycles. The smallest absolute Gasteiger partial charge is 0.251 e. The Morgan fingerprint density at radius 1 is 1.14 bits per heavy atom. The molecule has 2 aromatic rings. The minimum Gasteiger partial charge on any atom is -0.493 e. The fourth-order valence-electron chi connectivity index (χ4n) is 3.56. The zero-order valence-corrected chi connectivity index (χ0v) is 16.6. The Labute approximate surface area is 167 Å². The van der Waals surface area contributed by atoms with E-state index in [1.807, 2.05) is 12.1 Å². The van der Waals surface area contributed by atoms with E-state index in [1.165, 1.54) is 11.1 Å². The van der Waals surface area contributed by atoms with Gasteiger partial charge in [0.05, 0.1) is 13.2 Å². The Morgan fingerprint density at radius 2 is 2.00 bits per heavy atom. The van der Waals surface area contributed by atoms with Crippen LogP contribution in [0.5, 0.6) is 5.75 Å². The topological polar surface area (TPSA) is 61.8 Å². The van der Waals surface area contributed by atoms with Crippen molar-refractivity contribution in [2.75, 3.05) is 33.4 Å². The van der Waals surface area contributed by atoms with Gasteiger partial charge in [0.2, 0.25) is 0 Å². The Hall–Kier alpha value is -2.37. The van der Waals surface area contributed by atoms with Crippen LogP contribution in [0.1, 0.15) is 46.3 Å². The van der Waals surface area contributed by atoms with Gasteiger partial charge in [-0.15, -0.1) is 0 Å². The monoisotopic (exact) mass is 382 g/mol. The number of nitrogens with zero attached hydrogens (tertiary/aromatic N) is 1. The fraction of sp³-hybridized carbons (Fsp3) is 0.435. The maximum Gasteiger partial charge on any atom is 0.251 e. The molecule has 0 fully saturated rings. The summed E-state index contributed by atoms with van der Waals surface area (Å²) in [5.41, 5.74) is 4.11. The molecule has 0 aliphatic carbocycles. The summed E-state index contributed by atoms with van der Waals surface area (Å²) in [6.45, 7) is 2.91. The first-order chi connectivity index (χ1) is 13.7. The first kappa shape index (κ1) is 20.4. The summed E-state index contributed by atoms with van der Waals surface area (Å²) in [6.07, 6.45) is 4.04. The zero-order chi connectivity index (χ0) is 19.8. The Kier molecular flexibility index (Phi) is 7.46. The molecule has 1 amide bonds. The van der Waals surface area contributed by atoms with Gasteiger partial charge in [0, 0.05) is 25.1 Å². The predicted octanol–water partition coefficient (Wildman–Crippen LogP) is 2.99. The highest BCUT2D eigenvalue weighted by atomic mass is 16.5. The van der Waals surface area contributed by atoms with Gasteiger partial charge in [-0.2, -0.15) is 0 Å². The van der Waals surface area contributed by atoms with Crippen LogP contribution in [0.15, 0.2) is 42.5 Å². The van der Waals surface area contributed by atoms with E-state index >= 15 is 0 Å². The second-order valence-corrected chi connectivity index (χ2v) is 7.45. The lowest BCUT2D eigenvalue weighted by atomic mass is 9.99. The third-order valence-corrected chi connectivity index (χ3v) is 5.00. The minimum absolute atomic E-state index is 0.0684. The molecule has 150 valence electrons. The summed E-state index contributed by atoms with van der Waals surface area (Å²) in [7, 11) is 2.17. The van der Waals surface area contributed by atoms with Crippen molar-refractivity contribution in [2.24, 2.45) is 0 Å². The van der Waals surface area contributed by atoms with E-state index < -0.39 is 0 Å². The van der Waals surface area contributed by atoms with E-state index in [1.54, 1.807) is 6.07 Å². The second kappa shape index (κ2) is 10.2. The van der Waals surface area contributed by atoms with Gasteiger partial charge in [0.15, 0.2) is 0 Å². The van der Waals surface area contributed by atoms with E-state index in [2.05, 4.69) is 41.5 Å². The minimum atomic E-state index is -0.174. The summed E-state index contributed by atoms with van der Waals surface area (Å²) in [4.78, 5) is 14.7. The van der Waals surface area contributed by atoms with Gasteiger partial charge in [-0.05, 0) is 67.7 Å². The number of benzene rings is 2. The molecule has 1 aliphatic rings. The molecular formula is C23H30N2O3. The van der Waals surface area contributed by atoms with E-state index in [9.17, 15) is 4.79 Å². The van der Waals surface area contributed by atoms with Crippen molar-refractivity contribution in [1.29, 1.82) is 0 Å². The number of carbonyl (C=O) groups excluding carboxylic acids is 1. The standard InChI is InChI=1S/C23H30N2O3/c1-25-11-3-2-4-13-28-22-9-8-20(23(27)24-10-12-26)16-21(22)15-18-6-5-7-19(14-18)17-25/h5-9,14,16,26H,2-4,10-13,15,17H2,1H3,(H,24,27). The Balaban J connectivity index is 1.88. The number of fused-ring (bicyclic) bond motifs is 3. The molecule has 3 rings (SSSR count). The zero-order valence-electron chi connectivity index (χ0n) is 16.6. The molecular weight excluding hydrogens is 352 g/mol. The Bertz CT molecular complexity index is 791. The number of hydrogen-bond acceptors (Lipinski definition) is 4. The molecule has 5 heteroatoms. The number of rotatable bonds is 3. The summed E-state index contributed by atoms with van der Waals surface area (Å²) in [5.74, 6) is 0.671. The van der Waals surface area contributed by atoms with Gasteiger partial charge in [0.25, 0.3) is 5.91 Å². The van der Waals surface area contributed by atoms with E-state index in [4.69, 9.17) is 9.84 Å². The normalized spacial score (nSPS) is 15.8. The van der Waals surface area contributed by atoms with Gasteiger partial charge in [-0.3, -0.25) is 4.79 Å². The molecule has 1 aliphatic heterocycles. The van der Waals surface area contributed by atoms with Gasteiger partial charge in [-0.25, -0.2) is 0 Å². The average Bonchev–Trinajstić information content (AvgIpc) is 2.69. The first-order valence-electron chi connectivity index (χ1n) is 10.1. The number of nitrogens with one attached hydrogen (secondary N) is 1. The van der Waals surface area contributed by atoms with Crippen LogP contribution in [-0.4, -0.2) is 49.3 Å². The summed E-state index contributed by atoms with van der Waals surface area (Å²) >= 11 is 0. The van der Waals surface area contributed by atoms with Crippen LogP contribution in [0.25, 0.3) is 0 Å². The van der Waals surface area contributed by atoms with Crippen LogP contribution in [0, 0.1) is 0 Å². The maximum atomic E-state index is 12.3. The van der Waals surface area contributed by atoms with Crippen LogP contribution >= 0.6 is 0 Å². The molecule has 28 heavy (non-hydrogen) atoms. The third kappa shape index (κ3) is 5.81. The van der Waals surface area contributed by atoms with Gasteiger partial charge >= 0.3 is 0 Å². The molecule has 0 unspecified atom stereocenters. The molecule has 0 aromatic heterocycles. The molecule has 0 radical (unpaired) electrons. The van der Waals surface area contributed by atoms with Crippen molar-refractivity contribution >= 4 is 5.91 Å². The lowest BCUT2D eigenvalue weighted by Crippen LogP contribution is -2.26. The van der Waals surface area contributed by atoms with Crippen molar-refractivity contribution in [1.82, 2.24) is 10.2 Å². The van der Waals surface area contributed by atoms with E-state index in [-0.39, 0.29) is 19.1 Å². The lowest BCUT2D eigenvalue weighted by molar-refractivity contribution is 0.0944. The highest BCUT2D eigenvalue weighted by molar-refractivity contribution is 5.94. The highest BCUT2D eigenvalue weighted by Crippen LogP contribution is 2.25. The molecule has 0 saturated heterocycles. The fourth-order valence-corrected chi connectivity index (χ4v) is 3.56. The summed E-state index contributed by atoms with van der Waals surface area (Å²) in [5, 5.41) is 11.6. The van der Waals surface area contributed by atoms with Crippen molar-refractivity contribution in [3.05, 3.63) is 64.7 Å². The van der Waals surface area contributed by atoms with Crippen molar-refractivity contribution in [3.8, 4) is 5.75 Å². The van der Waals surface area contributed by atoms with Gasteiger partial charge in [-0.1, -0.05) is 24.3 Å². The first-order valence-corrected chi connectivity index (χ1v) is 10.1. The molecule has 2 aromatic carbocycles. The van der Waals surface area contributed by atoms with E-state index in [0.717, 1.165) is 43.7 Å². The van der Waals surface area contributed by atoms with Crippen LogP contribution in [0.2, 0.25) is 0 Å². The SMILES string of the molecule is CN1CCCCCOc2ccc(C(=O)NCCO)cc2Cc2cccc(c2)C1. The molecule has 0 atom stereocenters. The number of hydrogen-bond donors (Lipinski definition) is 2. The van der Waals surface area contributed by atoms with Crippen LogP contribution < -0.4 is 10.1 Å². The van der Waals surface area contributed by atoms with Crippen molar-refractivity contribution < 1.29 is 14.6 Å². The predicted molar refractivity (Wildman–Crippen MR) is 111 cm³/mol. The van der Waals surface area contributed by atoms with Crippen LogP contribution in [0.4, 0.5) is 0 Å². The summed E-state index contributed by atoms with van der Waals surface area (Å²) in [6, 6.07) is 14.2. The largest absolute Gasteiger partial charge is 0.493 e. The summed E-state index contributed by atoms with van der Waals surface area (Å²) < 4.78 is 6.06. The maximum absolute atomic E-state index is 12.3. The number of aliphatic hydroxyl groups excluding tert-OH is 1. The van der Waals surface area contributed by atoms with Crippen molar-refractivity contribution in [2.45, 2.75) is 32.2 Å². The molecule has 2 N–H and O–H groups in total. The van der Waals surface area contributed by atoms with Gasteiger partial charge < -0.3 is 20.1 Å². The highest BCUT2D eigenvalue weighted by Gasteiger charge is 2.12. The van der Waals surface area contributed by atoms with E-state index in [0.29, 0.717) is 18.6 Å². The average molecular weight is 383 g/mol. The lowest BCUT2D eigenvalue weighted by Gasteiger charge is -2.19. The van der Waals surface area contributed by atoms with Crippen LogP contribution in [-0.2, 0) is 13.0 Å². The number of amides is 1. The van der Waals surface area contributed by atoms with Crippen LogP contribution in [0.3, 0.4) is 0 Å². The molecule has 1 heterocycles. The number of aliphatic hydroxyl groups is 1.